The second-order valence-corrected chi connectivity index (χ2v) is 8.08. The number of fused-ring (bicyclic) bond motifs is 2. The molecule has 0 aliphatic heterocycles. The number of sulfonamides is 1. The number of benzene rings is 1. The van der Waals surface area contributed by atoms with Crippen LogP contribution in [0.2, 0.25) is 0 Å². The Hall–Kier alpha value is -0.870. The van der Waals surface area contributed by atoms with E-state index in [0.717, 1.165) is 11.8 Å². The van der Waals surface area contributed by atoms with Crippen molar-refractivity contribution in [2.45, 2.75) is 30.6 Å². The van der Waals surface area contributed by atoms with E-state index in [1.54, 1.807) is 35.6 Å². The highest BCUT2D eigenvalue weighted by atomic mass is 32.2. The standard InChI is InChI=1S/C15H21NO2S/c1-16(11-14-10-12-7-8-13(14)9-12)19(17,18)15-5-3-2-4-6-15/h2-6,12-14H,7-11H2,1H3. The lowest BCUT2D eigenvalue weighted by atomic mass is 9.89. The lowest BCUT2D eigenvalue weighted by Gasteiger charge is -2.26. The van der Waals surface area contributed by atoms with Gasteiger partial charge in [-0.15, -0.1) is 0 Å². The molecule has 1 aromatic rings. The van der Waals surface area contributed by atoms with Gasteiger partial charge in [0.05, 0.1) is 4.90 Å². The molecule has 0 heterocycles. The summed E-state index contributed by atoms with van der Waals surface area (Å²) in [5.41, 5.74) is 0. The molecule has 19 heavy (non-hydrogen) atoms. The van der Waals surface area contributed by atoms with Crippen molar-refractivity contribution in [1.82, 2.24) is 4.31 Å². The minimum absolute atomic E-state index is 0.403. The Morgan fingerprint density at radius 1 is 1.16 bits per heavy atom. The second-order valence-electron chi connectivity index (χ2n) is 6.03. The van der Waals surface area contributed by atoms with E-state index in [9.17, 15) is 8.42 Å². The number of hydrogen-bond acceptors (Lipinski definition) is 2. The molecule has 3 nitrogen and oxygen atoms in total. The van der Waals surface area contributed by atoms with E-state index in [1.165, 1.54) is 25.7 Å². The van der Waals surface area contributed by atoms with Crippen LogP contribution in [-0.4, -0.2) is 26.3 Å². The Morgan fingerprint density at radius 2 is 1.89 bits per heavy atom. The molecule has 2 saturated carbocycles. The zero-order chi connectivity index (χ0) is 13.5. The van der Waals surface area contributed by atoms with Crippen molar-refractivity contribution in [3.63, 3.8) is 0 Å². The van der Waals surface area contributed by atoms with Crippen LogP contribution in [0.5, 0.6) is 0 Å². The highest BCUT2D eigenvalue weighted by molar-refractivity contribution is 7.89. The van der Waals surface area contributed by atoms with Gasteiger partial charge in [-0.25, -0.2) is 12.7 Å². The van der Waals surface area contributed by atoms with Gasteiger partial charge in [-0.05, 0) is 49.1 Å². The van der Waals surface area contributed by atoms with Crippen LogP contribution in [0.1, 0.15) is 25.7 Å². The van der Waals surface area contributed by atoms with Gasteiger partial charge < -0.3 is 0 Å². The van der Waals surface area contributed by atoms with Crippen molar-refractivity contribution in [2.24, 2.45) is 17.8 Å². The zero-order valence-corrected chi connectivity index (χ0v) is 12.1. The second kappa shape index (κ2) is 4.91. The smallest absolute Gasteiger partial charge is 0.207 e. The van der Waals surface area contributed by atoms with Crippen LogP contribution in [0.15, 0.2) is 35.2 Å². The van der Waals surface area contributed by atoms with E-state index < -0.39 is 10.0 Å². The molecule has 3 rings (SSSR count). The van der Waals surface area contributed by atoms with E-state index in [0.29, 0.717) is 17.4 Å². The third-order valence-electron chi connectivity index (χ3n) is 4.83. The SMILES string of the molecule is CN(CC1CC2CCC1C2)S(=O)(=O)c1ccccc1. The Bertz CT molecular complexity index is 541. The zero-order valence-electron chi connectivity index (χ0n) is 11.3. The molecule has 0 spiro atoms. The normalized spacial score (nSPS) is 30.1. The van der Waals surface area contributed by atoms with Gasteiger partial charge >= 0.3 is 0 Å². The first kappa shape index (κ1) is 13.1. The Morgan fingerprint density at radius 3 is 2.47 bits per heavy atom. The van der Waals surface area contributed by atoms with Gasteiger partial charge in [0, 0.05) is 13.6 Å². The molecule has 0 radical (unpaired) electrons. The number of rotatable bonds is 4. The first-order chi connectivity index (χ1) is 9.07. The van der Waals surface area contributed by atoms with Crippen LogP contribution < -0.4 is 0 Å². The lowest BCUT2D eigenvalue weighted by Crippen LogP contribution is -2.33. The van der Waals surface area contributed by atoms with Gasteiger partial charge in [-0.3, -0.25) is 0 Å². The Balaban J connectivity index is 1.72. The van der Waals surface area contributed by atoms with Crippen molar-refractivity contribution in [3.8, 4) is 0 Å². The van der Waals surface area contributed by atoms with Gasteiger partial charge in [0.2, 0.25) is 10.0 Å². The molecule has 104 valence electrons. The van der Waals surface area contributed by atoms with Crippen LogP contribution in [0, 0.1) is 17.8 Å². The van der Waals surface area contributed by atoms with Gasteiger partial charge in [-0.2, -0.15) is 0 Å². The minimum atomic E-state index is -3.31. The highest BCUT2D eigenvalue weighted by Crippen LogP contribution is 2.48. The largest absolute Gasteiger partial charge is 0.242 e. The van der Waals surface area contributed by atoms with E-state index in [4.69, 9.17) is 0 Å². The molecule has 0 N–H and O–H groups in total. The fourth-order valence-corrected chi connectivity index (χ4v) is 5.05. The maximum atomic E-state index is 12.5. The van der Waals surface area contributed by atoms with Crippen LogP contribution in [-0.2, 0) is 10.0 Å². The molecule has 1 aromatic carbocycles. The highest BCUT2D eigenvalue weighted by Gasteiger charge is 2.40. The summed E-state index contributed by atoms with van der Waals surface area (Å²) in [5.74, 6) is 2.20. The molecule has 2 bridgehead atoms. The summed E-state index contributed by atoms with van der Waals surface area (Å²) < 4.78 is 26.5. The molecule has 0 amide bonds. The Kier molecular flexibility index (Phi) is 3.39. The van der Waals surface area contributed by atoms with Crippen LogP contribution in [0.3, 0.4) is 0 Å². The van der Waals surface area contributed by atoms with Crippen molar-refractivity contribution in [3.05, 3.63) is 30.3 Å². The van der Waals surface area contributed by atoms with E-state index in [-0.39, 0.29) is 0 Å². The van der Waals surface area contributed by atoms with E-state index in [2.05, 4.69) is 0 Å². The molecule has 3 atom stereocenters. The van der Waals surface area contributed by atoms with Crippen LogP contribution >= 0.6 is 0 Å². The summed E-state index contributed by atoms with van der Waals surface area (Å²) in [5, 5.41) is 0. The predicted octanol–water partition coefficient (Wildman–Crippen LogP) is 2.74. The average Bonchev–Trinajstić information content (AvgIpc) is 3.02. The summed E-state index contributed by atoms with van der Waals surface area (Å²) in [6.07, 6.45) is 5.20. The third-order valence-corrected chi connectivity index (χ3v) is 6.67. The molecule has 4 heteroatoms. The molecule has 2 fully saturated rings. The van der Waals surface area contributed by atoms with Crippen LogP contribution in [0.4, 0.5) is 0 Å². The molecule has 2 aliphatic carbocycles. The lowest BCUT2D eigenvalue weighted by molar-refractivity contribution is 0.280. The average molecular weight is 279 g/mol. The first-order valence-corrected chi connectivity index (χ1v) is 8.53. The van der Waals surface area contributed by atoms with E-state index in [1.807, 2.05) is 6.07 Å². The summed E-state index contributed by atoms with van der Waals surface area (Å²) >= 11 is 0. The summed E-state index contributed by atoms with van der Waals surface area (Å²) in [6.45, 7) is 0.679. The maximum absolute atomic E-state index is 12.5. The van der Waals surface area contributed by atoms with Gasteiger partial charge in [0.1, 0.15) is 0 Å². The van der Waals surface area contributed by atoms with Crippen LogP contribution in [0.25, 0.3) is 0 Å². The van der Waals surface area contributed by atoms with E-state index >= 15 is 0 Å². The first-order valence-electron chi connectivity index (χ1n) is 7.09. The molecule has 0 aromatic heterocycles. The Labute approximate surface area is 115 Å². The van der Waals surface area contributed by atoms with Gasteiger partial charge in [-0.1, -0.05) is 24.6 Å². The third kappa shape index (κ3) is 2.43. The monoisotopic (exact) mass is 279 g/mol. The van der Waals surface area contributed by atoms with Crippen molar-refractivity contribution in [1.29, 1.82) is 0 Å². The molecular weight excluding hydrogens is 258 g/mol. The summed E-state index contributed by atoms with van der Waals surface area (Å²) in [4.78, 5) is 0.403. The van der Waals surface area contributed by atoms with Gasteiger partial charge in [0.25, 0.3) is 0 Å². The molecular formula is C15H21NO2S. The predicted molar refractivity (Wildman–Crippen MR) is 75.2 cm³/mol. The molecule has 0 saturated heterocycles. The van der Waals surface area contributed by atoms with Crippen molar-refractivity contribution in [2.75, 3.05) is 13.6 Å². The van der Waals surface area contributed by atoms with Crippen molar-refractivity contribution < 1.29 is 8.42 Å². The number of nitrogens with zero attached hydrogens (tertiary/aromatic N) is 1. The minimum Gasteiger partial charge on any atom is -0.207 e. The quantitative estimate of drug-likeness (QED) is 0.850. The fourth-order valence-electron chi connectivity index (χ4n) is 3.80. The summed E-state index contributed by atoms with van der Waals surface area (Å²) in [6, 6.07) is 8.74. The van der Waals surface area contributed by atoms with Gasteiger partial charge in [0.15, 0.2) is 0 Å². The van der Waals surface area contributed by atoms with Crippen molar-refractivity contribution >= 4 is 10.0 Å². The molecule has 3 unspecified atom stereocenters. The fraction of sp³-hybridized carbons (Fsp3) is 0.600. The topological polar surface area (TPSA) is 37.4 Å². The maximum Gasteiger partial charge on any atom is 0.242 e. The molecule has 2 aliphatic rings. The number of hydrogen-bond donors (Lipinski definition) is 0. The summed E-state index contributed by atoms with van der Waals surface area (Å²) in [7, 11) is -1.59.